The van der Waals surface area contributed by atoms with Crippen LogP contribution in [0.1, 0.15) is 17.2 Å². The molecule has 0 aromatic carbocycles. The average Bonchev–Trinajstić information content (AvgIpc) is 2.61. The zero-order valence-corrected chi connectivity index (χ0v) is 20.5. The normalized spacial score (nSPS) is 8.62. The molecular formula is C17H25B2Cl3N6O4. The molecule has 0 fully saturated rings. The predicted octanol–water partition coefficient (Wildman–Crippen LogP) is 2.49. The van der Waals surface area contributed by atoms with Crippen LogP contribution in [0.15, 0.2) is 36.8 Å². The summed E-state index contributed by atoms with van der Waals surface area (Å²) < 4.78 is 0. The maximum Gasteiger partial charge on any atom is 0.448 e. The van der Waals surface area contributed by atoms with E-state index in [1.807, 2.05) is 26.8 Å². The van der Waals surface area contributed by atoms with Crippen LogP contribution in [-0.2, 0) is 0 Å². The molecule has 0 aliphatic carbocycles. The van der Waals surface area contributed by atoms with Crippen molar-refractivity contribution < 1.29 is 20.1 Å². The summed E-state index contributed by atoms with van der Waals surface area (Å²) in [4.78, 5) is 22.7. The van der Waals surface area contributed by atoms with E-state index in [0.717, 1.165) is 17.2 Å². The van der Waals surface area contributed by atoms with Gasteiger partial charge in [0, 0.05) is 30.0 Å². The lowest BCUT2D eigenvalue weighted by atomic mass is 9.99. The van der Waals surface area contributed by atoms with Gasteiger partial charge in [-0.05, 0) is 75.8 Å². The summed E-state index contributed by atoms with van der Waals surface area (Å²) in [6, 6.07) is 5.24. The molecule has 3 aromatic heterocycles. The van der Waals surface area contributed by atoms with Crippen molar-refractivity contribution in [3.05, 3.63) is 69.7 Å². The SMILES string of the molecule is CB(O)O.CB(O)O.Cc1ccnc(C)n1.Cc1ccnc(Cl)n1.Clc1ccnc(Cl)n1. The van der Waals surface area contributed by atoms with Gasteiger partial charge in [-0.15, -0.1) is 0 Å². The third-order valence-electron chi connectivity index (χ3n) is 2.27. The Bertz CT molecular complexity index is 718. The molecule has 0 spiro atoms. The molecule has 15 heteroatoms. The number of aromatic nitrogens is 6. The van der Waals surface area contributed by atoms with Crippen LogP contribution < -0.4 is 0 Å². The first-order valence-corrected chi connectivity index (χ1v) is 10.0. The Morgan fingerprint density at radius 3 is 1.22 bits per heavy atom. The van der Waals surface area contributed by atoms with E-state index in [1.165, 1.54) is 19.8 Å². The fourth-order valence-corrected chi connectivity index (χ4v) is 1.82. The van der Waals surface area contributed by atoms with Crippen molar-refractivity contribution in [3.8, 4) is 0 Å². The number of halogens is 3. The minimum Gasteiger partial charge on any atom is -0.427 e. The van der Waals surface area contributed by atoms with E-state index >= 15 is 0 Å². The number of hydrogen-bond donors (Lipinski definition) is 4. The van der Waals surface area contributed by atoms with Crippen molar-refractivity contribution in [3.63, 3.8) is 0 Å². The highest BCUT2D eigenvalue weighted by atomic mass is 35.5. The highest BCUT2D eigenvalue weighted by Gasteiger charge is 1.88. The lowest BCUT2D eigenvalue weighted by molar-refractivity contribution is 0.415. The summed E-state index contributed by atoms with van der Waals surface area (Å²) in [7, 11) is -2.33. The second kappa shape index (κ2) is 19.7. The third-order valence-corrected chi connectivity index (χ3v) is 2.85. The average molecular weight is 505 g/mol. The van der Waals surface area contributed by atoms with Crippen molar-refractivity contribution >= 4 is 49.0 Å². The second-order valence-electron chi connectivity index (χ2n) is 5.62. The standard InChI is InChI=1S/C6H8N2.C5H5ClN2.C4H2Cl2N2.2CH5BO2/c1-5-3-4-7-6(2)8-5;1-4-2-3-7-5(6)8-4;5-3-1-2-7-4(6)8-3;2*1-2(3)4/h3-4H,1-2H3;2-3H,1H3;1-2H;2*3-4H,1H3. The summed E-state index contributed by atoms with van der Waals surface area (Å²) in [5.74, 6) is 0.838. The van der Waals surface area contributed by atoms with Gasteiger partial charge >= 0.3 is 14.2 Å². The monoisotopic (exact) mass is 504 g/mol. The number of hydrogen-bond acceptors (Lipinski definition) is 10. The molecule has 3 heterocycles. The number of nitrogens with zero attached hydrogens (tertiary/aromatic N) is 6. The molecule has 0 aliphatic heterocycles. The first kappa shape index (κ1) is 32.3. The molecule has 0 unspecified atom stereocenters. The molecule has 0 saturated heterocycles. The van der Waals surface area contributed by atoms with Crippen LogP contribution >= 0.6 is 34.8 Å². The van der Waals surface area contributed by atoms with Crippen LogP contribution in [0, 0.1) is 20.8 Å². The van der Waals surface area contributed by atoms with Gasteiger partial charge in [0.25, 0.3) is 0 Å². The molecule has 0 atom stereocenters. The molecule has 32 heavy (non-hydrogen) atoms. The summed E-state index contributed by atoms with van der Waals surface area (Å²) >= 11 is 16.2. The molecule has 3 rings (SSSR count). The van der Waals surface area contributed by atoms with Gasteiger partial charge in [-0.1, -0.05) is 11.6 Å². The first-order valence-electron chi connectivity index (χ1n) is 8.91. The van der Waals surface area contributed by atoms with Crippen molar-refractivity contribution in [2.24, 2.45) is 0 Å². The molecule has 0 aliphatic rings. The fraction of sp³-hybridized carbons (Fsp3) is 0.294. The smallest absolute Gasteiger partial charge is 0.427 e. The van der Waals surface area contributed by atoms with Crippen LogP contribution in [0.25, 0.3) is 0 Å². The van der Waals surface area contributed by atoms with Crippen LogP contribution in [-0.4, -0.2) is 64.2 Å². The van der Waals surface area contributed by atoms with Gasteiger partial charge in [0.2, 0.25) is 10.6 Å². The maximum atomic E-state index is 7.61. The van der Waals surface area contributed by atoms with Crippen LogP contribution in [0.4, 0.5) is 0 Å². The highest BCUT2D eigenvalue weighted by Crippen LogP contribution is 2.04. The lowest BCUT2D eigenvalue weighted by Crippen LogP contribution is -2.00. The molecule has 10 nitrogen and oxygen atoms in total. The second-order valence-corrected chi connectivity index (χ2v) is 6.69. The Morgan fingerprint density at radius 1 is 0.625 bits per heavy atom. The van der Waals surface area contributed by atoms with Gasteiger partial charge in [0.1, 0.15) is 11.0 Å². The van der Waals surface area contributed by atoms with Crippen molar-refractivity contribution in [2.75, 3.05) is 0 Å². The van der Waals surface area contributed by atoms with Gasteiger partial charge in [0.15, 0.2) is 0 Å². The molecule has 0 saturated carbocycles. The molecule has 3 aromatic rings. The number of rotatable bonds is 0. The summed E-state index contributed by atoms with van der Waals surface area (Å²) in [5, 5.41) is 31.3. The van der Waals surface area contributed by atoms with E-state index < -0.39 is 14.2 Å². The van der Waals surface area contributed by atoms with E-state index in [4.69, 9.17) is 54.9 Å². The van der Waals surface area contributed by atoms with E-state index in [-0.39, 0.29) is 5.28 Å². The first-order chi connectivity index (χ1) is 14.8. The van der Waals surface area contributed by atoms with Gasteiger partial charge in [-0.2, -0.15) is 0 Å². The third kappa shape index (κ3) is 26.1. The van der Waals surface area contributed by atoms with E-state index in [9.17, 15) is 0 Å². The van der Waals surface area contributed by atoms with Gasteiger partial charge < -0.3 is 20.1 Å². The maximum absolute atomic E-state index is 7.61. The predicted molar refractivity (Wildman–Crippen MR) is 127 cm³/mol. The Balaban J connectivity index is 0. The lowest BCUT2D eigenvalue weighted by Gasteiger charge is -1.89. The van der Waals surface area contributed by atoms with E-state index in [1.54, 1.807) is 24.5 Å². The molecule has 0 amide bonds. The zero-order valence-electron chi connectivity index (χ0n) is 18.2. The van der Waals surface area contributed by atoms with Crippen molar-refractivity contribution in [1.29, 1.82) is 0 Å². The van der Waals surface area contributed by atoms with E-state index in [0.29, 0.717) is 10.4 Å². The minimum atomic E-state index is -1.17. The highest BCUT2D eigenvalue weighted by molar-refractivity contribution is 6.39. The summed E-state index contributed by atoms with van der Waals surface area (Å²) in [6.07, 6.45) is 4.89. The Kier molecular flexibility index (Phi) is 19.9. The molecule has 4 N–H and O–H groups in total. The number of aryl methyl sites for hydroxylation is 3. The molecule has 0 bridgehead atoms. The fourth-order valence-electron chi connectivity index (χ4n) is 1.31. The Morgan fingerprint density at radius 2 is 1.00 bits per heavy atom. The molecular weight excluding hydrogens is 480 g/mol. The Hall–Kier alpha value is -1.92. The van der Waals surface area contributed by atoms with E-state index in [2.05, 4.69) is 29.9 Å². The van der Waals surface area contributed by atoms with Gasteiger partial charge in [0.05, 0.1) is 0 Å². The summed E-state index contributed by atoms with van der Waals surface area (Å²) in [5.41, 5.74) is 1.92. The topological polar surface area (TPSA) is 158 Å². The zero-order chi connectivity index (χ0) is 25.1. The van der Waals surface area contributed by atoms with Crippen molar-refractivity contribution in [1.82, 2.24) is 29.9 Å². The largest absolute Gasteiger partial charge is 0.448 e. The Labute approximate surface area is 203 Å². The van der Waals surface area contributed by atoms with Crippen LogP contribution in [0.2, 0.25) is 29.4 Å². The van der Waals surface area contributed by atoms with Crippen molar-refractivity contribution in [2.45, 2.75) is 34.4 Å². The summed E-state index contributed by atoms with van der Waals surface area (Å²) in [6.45, 7) is 8.26. The minimum absolute atomic E-state index is 0.178. The van der Waals surface area contributed by atoms with Gasteiger partial charge in [-0.25, -0.2) is 29.9 Å². The molecule has 0 radical (unpaired) electrons. The quantitative estimate of drug-likeness (QED) is 0.203. The van der Waals surface area contributed by atoms with Crippen LogP contribution in [0.3, 0.4) is 0 Å². The molecule has 174 valence electrons. The van der Waals surface area contributed by atoms with Gasteiger partial charge in [-0.3, -0.25) is 0 Å². The van der Waals surface area contributed by atoms with Crippen LogP contribution in [0.5, 0.6) is 0 Å².